The highest BCUT2D eigenvalue weighted by Crippen LogP contribution is 2.26. The fourth-order valence-electron chi connectivity index (χ4n) is 2.98. The second-order valence-electron chi connectivity index (χ2n) is 7.00. The molecular formula is C24H29N3O. The molecule has 0 heterocycles. The summed E-state index contributed by atoms with van der Waals surface area (Å²) in [6.45, 7) is 8.32. The fraction of sp³-hybridized carbons (Fsp3) is 0.333. The van der Waals surface area contributed by atoms with Gasteiger partial charge in [0.15, 0.2) is 0 Å². The average molecular weight is 376 g/mol. The molecule has 0 radical (unpaired) electrons. The zero-order chi connectivity index (χ0) is 20.5. The molecule has 1 amide bonds. The Morgan fingerprint density at radius 3 is 2.39 bits per heavy atom. The van der Waals surface area contributed by atoms with Gasteiger partial charge in [-0.05, 0) is 48.4 Å². The topological polar surface area (TPSA) is 64.9 Å². The van der Waals surface area contributed by atoms with Crippen molar-refractivity contribution < 1.29 is 4.79 Å². The van der Waals surface area contributed by atoms with Crippen molar-refractivity contribution >= 4 is 11.6 Å². The summed E-state index contributed by atoms with van der Waals surface area (Å²) in [6, 6.07) is 17.9. The fourth-order valence-corrected chi connectivity index (χ4v) is 2.98. The van der Waals surface area contributed by atoms with E-state index in [0.717, 1.165) is 24.1 Å². The number of nitriles is 1. The van der Waals surface area contributed by atoms with E-state index in [0.29, 0.717) is 5.92 Å². The van der Waals surface area contributed by atoms with E-state index in [-0.39, 0.29) is 17.5 Å². The molecule has 4 nitrogen and oxygen atoms in total. The van der Waals surface area contributed by atoms with Crippen molar-refractivity contribution in [3.05, 3.63) is 77.0 Å². The normalized spacial score (nSPS) is 13.3. The van der Waals surface area contributed by atoms with E-state index in [1.165, 1.54) is 17.3 Å². The predicted molar refractivity (Wildman–Crippen MR) is 115 cm³/mol. The average Bonchev–Trinajstić information content (AvgIpc) is 2.73. The number of nitrogens with one attached hydrogen (secondary N) is 2. The summed E-state index contributed by atoms with van der Waals surface area (Å²) in [5.41, 5.74) is 4.40. The van der Waals surface area contributed by atoms with Gasteiger partial charge in [-0.1, -0.05) is 63.2 Å². The van der Waals surface area contributed by atoms with Crippen molar-refractivity contribution in [1.29, 1.82) is 5.26 Å². The van der Waals surface area contributed by atoms with Gasteiger partial charge in [0.1, 0.15) is 11.6 Å². The summed E-state index contributed by atoms with van der Waals surface area (Å²) < 4.78 is 0. The van der Waals surface area contributed by atoms with Crippen molar-refractivity contribution in [2.75, 3.05) is 5.32 Å². The molecule has 4 heteroatoms. The number of carbonyl (C=O) groups is 1. The molecule has 0 fully saturated rings. The first-order valence-corrected chi connectivity index (χ1v) is 9.85. The van der Waals surface area contributed by atoms with Gasteiger partial charge in [0.2, 0.25) is 0 Å². The lowest BCUT2D eigenvalue weighted by Crippen LogP contribution is -2.28. The maximum absolute atomic E-state index is 12.5. The molecule has 0 aromatic heterocycles. The van der Waals surface area contributed by atoms with Crippen LogP contribution in [0.15, 0.2) is 60.3 Å². The van der Waals surface area contributed by atoms with Crippen LogP contribution in [0.4, 0.5) is 5.69 Å². The van der Waals surface area contributed by atoms with Crippen molar-refractivity contribution in [3.63, 3.8) is 0 Å². The predicted octanol–water partition coefficient (Wildman–Crippen LogP) is 5.46. The smallest absolute Gasteiger partial charge is 0.263 e. The summed E-state index contributed by atoms with van der Waals surface area (Å²) in [6.07, 6.45) is 3.48. The Morgan fingerprint density at radius 1 is 1.11 bits per heavy atom. The summed E-state index contributed by atoms with van der Waals surface area (Å²) in [5, 5.41) is 15.5. The number of para-hydroxylation sites is 1. The first kappa shape index (κ1) is 21.2. The van der Waals surface area contributed by atoms with Crippen LogP contribution < -0.4 is 10.6 Å². The van der Waals surface area contributed by atoms with Crippen LogP contribution in [0, 0.1) is 11.3 Å². The van der Waals surface area contributed by atoms with E-state index in [9.17, 15) is 10.1 Å². The van der Waals surface area contributed by atoms with E-state index >= 15 is 0 Å². The molecule has 0 bridgehead atoms. The van der Waals surface area contributed by atoms with Gasteiger partial charge < -0.3 is 10.6 Å². The lowest BCUT2D eigenvalue weighted by atomic mass is 9.97. The van der Waals surface area contributed by atoms with Crippen LogP contribution in [0.5, 0.6) is 0 Å². The molecule has 2 aromatic rings. The summed E-state index contributed by atoms with van der Waals surface area (Å²) in [5.74, 6) is 0.00525. The second kappa shape index (κ2) is 10.3. The van der Waals surface area contributed by atoms with Crippen LogP contribution in [-0.4, -0.2) is 5.91 Å². The van der Waals surface area contributed by atoms with Gasteiger partial charge in [-0.15, -0.1) is 0 Å². The van der Waals surface area contributed by atoms with Crippen molar-refractivity contribution in [3.8, 4) is 6.07 Å². The first-order valence-electron chi connectivity index (χ1n) is 9.85. The number of carbonyl (C=O) groups excluding carboxylic acids is 1. The number of hydrogen-bond acceptors (Lipinski definition) is 3. The number of anilines is 1. The van der Waals surface area contributed by atoms with E-state index in [4.69, 9.17) is 0 Å². The van der Waals surface area contributed by atoms with Gasteiger partial charge >= 0.3 is 0 Å². The Morgan fingerprint density at radius 2 is 1.79 bits per heavy atom. The quantitative estimate of drug-likeness (QED) is 0.476. The number of hydrogen-bond donors (Lipinski definition) is 2. The zero-order valence-electron chi connectivity index (χ0n) is 17.1. The van der Waals surface area contributed by atoms with E-state index < -0.39 is 0 Å². The zero-order valence-corrected chi connectivity index (χ0v) is 17.1. The third kappa shape index (κ3) is 5.47. The van der Waals surface area contributed by atoms with E-state index in [1.54, 1.807) is 0 Å². The lowest BCUT2D eigenvalue weighted by molar-refractivity contribution is -0.117. The van der Waals surface area contributed by atoms with Crippen molar-refractivity contribution in [1.82, 2.24) is 5.32 Å². The molecule has 2 atom stereocenters. The highest BCUT2D eigenvalue weighted by Gasteiger charge is 2.14. The van der Waals surface area contributed by atoms with Gasteiger partial charge in [0.05, 0.1) is 6.04 Å². The highest BCUT2D eigenvalue weighted by molar-refractivity contribution is 5.97. The Hall–Kier alpha value is -3.06. The molecular weight excluding hydrogens is 346 g/mol. The van der Waals surface area contributed by atoms with E-state index in [2.05, 4.69) is 49.6 Å². The summed E-state index contributed by atoms with van der Waals surface area (Å²) in [4.78, 5) is 12.5. The van der Waals surface area contributed by atoms with Crippen LogP contribution in [0.25, 0.3) is 0 Å². The number of rotatable bonds is 8. The molecule has 2 unspecified atom stereocenters. The lowest BCUT2D eigenvalue weighted by Gasteiger charge is -2.16. The van der Waals surface area contributed by atoms with Gasteiger partial charge in [0.25, 0.3) is 5.91 Å². The van der Waals surface area contributed by atoms with Crippen LogP contribution in [0.1, 0.15) is 62.8 Å². The third-order valence-electron chi connectivity index (χ3n) is 5.08. The maximum atomic E-state index is 12.5. The molecule has 2 rings (SSSR count). The molecule has 28 heavy (non-hydrogen) atoms. The first-order chi connectivity index (χ1) is 13.5. The molecule has 0 spiro atoms. The van der Waals surface area contributed by atoms with Gasteiger partial charge in [-0.3, -0.25) is 4.79 Å². The van der Waals surface area contributed by atoms with Gasteiger partial charge in [0, 0.05) is 11.9 Å². The largest absolute Gasteiger partial charge is 0.360 e. The molecule has 146 valence electrons. The second-order valence-corrected chi connectivity index (χ2v) is 7.00. The molecule has 0 saturated heterocycles. The maximum Gasteiger partial charge on any atom is 0.263 e. The Bertz CT molecular complexity index is 862. The minimum atomic E-state index is -0.386. The Balaban J connectivity index is 2.10. The SMILES string of the molecule is CCc1ccc(C(C)NC(=O)/C(C#N)=C\Nc2ccccc2C(C)CC)cc1. The molecule has 0 aliphatic carbocycles. The Labute approximate surface area is 168 Å². The highest BCUT2D eigenvalue weighted by atomic mass is 16.1. The van der Waals surface area contributed by atoms with Crippen LogP contribution in [-0.2, 0) is 11.2 Å². The van der Waals surface area contributed by atoms with Gasteiger partial charge in [-0.25, -0.2) is 0 Å². The number of aryl methyl sites for hydroxylation is 1. The van der Waals surface area contributed by atoms with Crippen molar-refractivity contribution in [2.24, 2.45) is 0 Å². The van der Waals surface area contributed by atoms with E-state index in [1.807, 2.05) is 43.3 Å². The number of amides is 1. The number of benzene rings is 2. The summed E-state index contributed by atoms with van der Waals surface area (Å²) >= 11 is 0. The molecule has 0 aliphatic rings. The molecule has 2 aromatic carbocycles. The molecule has 2 N–H and O–H groups in total. The minimum Gasteiger partial charge on any atom is -0.360 e. The Kier molecular flexibility index (Phi) is 7.83. The third-order valence-corrected chi connectivity index (χ3v) is 5.08. The molecule has 0 saturated carbocycles. The van der Waals surface area contributed by atoms with Gasteiger partial charge in [-0.2, -0.15) is 5.26 Å². The number of nitrogens with zero attached hydrogens (tertiary/aromatic N) is 1. The molecule has 0 aliphatic heterocycles. The monoisotopic (exact) mass is 375 g/mol. The van der Waals surface area contributed by atoms with Crippen LogP contribution in [0.2, 0.25) is 0 Å². The summed E-state index contributed by atoms with van der Waals surface area (Å²) in [7, 11) is 0. The minimum absolute atomic E-state index is 0.0518. The van der Waals surface area contributed by atoms with Crippen molar-refractivity contribution in [2.45, 2.75) is 52.5 Å². The van der Waals surface area contributed by atoms with Crippen LogP contribution in [0.3, 0.4) is 0 Å². The van der Waals surface area contributed by atoms with Crippen LogP contribution >= 0.6 is 0 Å². The standard InChI is InChI=1S/C24H29N3O/c1-5-17(3)22-9-7-8-10-23(22)26-16-21(15-25)24(28)27-18(4)20-13-11-19(6-2)12-14-20/h7-14,16-18,26H,5-6H2,1-4H3,(H,27,28)/b21-16-.